The van der Waals surface area contributed by atoms with E-state index in [0.29, 0.717) is 5.56 Å². The smallest absolute Gasteiger partial charge is 0.229 e. The van der Waals surface area contributed by atoms with Crippen LogP contribution >= 0.6 is 0 Å². The average molecular weight is 434 g/mol. The highest BCUT2D eigenvalue weighted by molar-refractivity contribution is 6.06. The number of carbonyl (C=O) groups excluding carboxylic acids is 1. The van der Waals surface area contributed by atoms with Gasteiger partial charge in [-0.1, -0.05) is 12.1 Å². The third kappa shape index (κ3) is 3.91. The zero-order valence-electron chi connectivity index (χ0n) is 16.2. The first kappa shape index (κ1) is 21.3. The Morgan fingerprint density at radius 2 is 1.71 bits per heavy atom. The molecule has 1 saturated heterocycles. The molecule has 2 aromatic carbocycles. The number of phenolic OH excluding ortho intramolecular Hbond substituents is 2. The van der Waals surface area contributed by atoms with Gasteiger partial charge in [0.25, 0.3) is 0 Å². The predicted octanol–water partition coefficient (Wildman–Crippen LogP) is -0.365. The minimum absolute atomic E-state index is 0.000448. The van der Waals surface area contributed by atoms with Gasteiger partial charge in [-0.3, -0.25) is 4.79 Å². The molecule has 0 bridgehead atoms. The summed E-state index contributed by atoms with van der Waals surface area (Å²) in [6.07, 6.45) is -7.38. The number of phenols is 2. The molecular formula is C21H22O10. The molecule has 0 saturated carbocycles. The highest BCUT2D eigenvalue weighted by atomic mass is 16.7. The summed E-state index contributed by atoms with van der Waals surface area (Å²) >= 11 is 0. The number of hydrogen-bond donors (Lipinski definition) is 6. The topological polar surface area (TPSA) is 166 Å². The first-order valence-corrected chi connectivity index (χ1v) is 9.60. The van der Waals surface area contributed by atoms with E-state index in [0.717, 1.165) is 6.07 Å². The molecule has 1 fully saturated rings. The lowest BCUT2D eigenvalue weighted by atomic mass is 9.88. The van der Waals surface area contributed by atoms with Crippen LogP contribution in [0.1, 0.15) is 21.8 Å². The number of aromatic hydroxyl groups is 2. The average Bonchev–Trinajstić information content (AvgIpc) is 2.75. The lowest BCUT2D eigenvalue weighted by Gasteiger charge is -2.39. The maximum absolute atomic E-state index is 12.9. The zero-order chi connectivity index (χ0) is 22.3. The van der Waals surface area contributed by atoms with Gasteiger partial charge in [0, 0.05) is 12.1 Å². The van der Waals surface area contributed by atoms with Crippen molar-refractivity contribution in [2.45, 2.75) is 36.6 Å². The number of aliphatic hydroxyl groups is 4. The van der Waals surface area contributed by atoms with Gasteiger partial charge in [0.15, 0.2) is 5.78 Å². The molecule has 6 atom stereocenters. The van der Waals surface area contributed by atoms with E-state index in [1.54, 1.807) is 12.1 Å². The Labute approximate surface area is 176 Å². The summed E-state index contributed by atoms with van der Waals surface area (Å²) in [5.74, 6) is -1.34. The number of rotatable bonds is 4. The second kappa shape index (κ2) is 8.33. The van der Waals surface area contributed by atoms with Crippen LogP contribution in [0.25, 0.3) is 0 Å². The Bertz CT molecular complexity index is 957. The number of hydrogen-bond acceptors (Lipinski definition) is 10. The zero-order valence-corrected chi connectivity index (χ0v) is 16.2. The van der Waals surface area contributed by atoms with Crippen molar-refractivity contribution in [1.82, 2.24) is 0 Å². The van der Waals surface area contributed by atoms with Crippen molar-refractivity contribution >= 4 is 5.78 Å². The van der Waals surface area contributed by atoms with Gasteiger partial charge in [-0.15, -0.1) is 0 Å². The molecule has 31 heavy (non-hydrogen) atoms. The summed E-state index contributed by atoms with van der Waals surface area (Å²) < 4.78 is 16.4. The summed E-state index contributed by atoms with van der Waals surface area (Å²) in [6.45, 7) is -0.615. The van der Waals surface area contributed by atoms with Crippen LogP contribution in [-0.4, -0.2) is 80.3 Å². The second-order valence-electron chi connectivity index (χ2n) is 7.45. The summed E-state index contributed by atoms with van der Waals surface area (Å²) in [5, 5.41) is 59.0. The normalized spacial score (nSPS) is 30.4. The predicted molar refractivity (Wildman–Crippen MR) is 103 cm³/mol. The Balaban J connectivity index is 1.57. The van der Waals surface area contributed by atoms with Crippen LogP contribution in [0.15, 0.2) is 36.4 Å². The fourth-order valence-corrected chi connectivity index (χ4v) is 3.68. The molecule has 10 nitrogen and oxygen atoms in total. The Hall–Kier alpha value is -2.89. The standard InChI is InChI=1S/C21H22O10/c22-7-15-18(26)19(27)20(28)21(31-15)30-11-5-13(24)16-14(6-11)29-8-12(17(16)25)9-1-3-10(23)4-2-9/h1-6,12,15,18-24,26-28H,7-8H2. The van der Waals surface area contributed by atoms with Gasteiger partial charge < -0.3 is 44.8 Å². The summed E-state index contributed by atoms with van der Waals surface area (Å²) in [7, 11) is 0. The molecule has 2 aliphatic heterocycles. The molecule has 2 aromatic rings. The van der Waals surface area contributed by atoms with E-state index < -0.39 is 49.0 Å². The van der Waals surface area contributed by atoms with Gasteiger partial charge in [0.2, 0.25) is 6.29 Å². The number of Topliss-reactive ketones (excluding diaryl/α,β-unsaturated/α-hetero) is 1. The van der Waals surface area contributed by atoms with Crippen LogP contribution in [-0.2, 0) is 4.74 Å². The van der Waals surface area contributed by atoms with Gasteiger partial charge in [0.1, 0.15) is 59.6 Å². The van der Waals surface area contributed by atoms with E-state index in [1.165, 1.54) is 18.2 Å². The van der Waals surface area contributed by atoms with Crippen molar-refractivity contribution in [3.05, 3.63) is 47.5 Å². The number of aliphatic hydroxyl groups excluding tert-OH is 4. The van der Waals surface area contributed by atoms with Gasteiger partial charge in [-0.2, -0.15) is 0 Å². The van der Waals surface area contributed by atoms with E-state index in [1.807, 2.05) is 0 Å². The van der Waals surface area contributed by atoms with Crippen LogP contribution in [0.5, 0.6) is 23.0 Å². The molecule has 166 valence electrons. The van der Waals surface area contributed by atoms with Gasteiger partial charge in [0.05, 0.1) is 12.5 Å². The largest absolute Gasteiger partial charge is 0.508 e. The fraction of sp³-hybridized carbons (Fsp3) is 0.381. The summed E-state index contributed by atoms with van der Waals surface area (Å²) in [4.78, 5) is 12.9. The third-order valence-electron chi connectivity index (χ3n) is 5.42. The number of ketones is 1. The summed E-state index contributed by atoms with van der Waals surface area (Å²) in [6, 6.07) is 8.58. The van der Waals surface area contributed by atoms with Crippen molar-refractivity contribution in [3.63, 3.8) is 0 Å². The van der Waals surface area contributed by atoms with Crippen LogP contribution in [0.3, 0.4) is 0 Å². The van der Waals surface area contributed by atoms with Crippen LogP contribution < -0.4 is 9.47 Å². The Kier molecular flexibility index (Phi) is 5.73. The Morgan fingerprint density at radius 3 is 2.39 bits per heavy atom. The van der Waals surface area contributed by atoms with Crippen molar-refractivity contribution in [2.75, 3.05) is 13.2 Å². The molecule has 6 unspecified atom stereocenters. The highest BCUT2D eigenvalue weighted by Crippen LogP contribution is 2.41. The summed E-state index contributed by atoms with van der Waals surface area (Å²) in [5.41, 5.74) is 0.583. The second-order valence-corrected chi connectivity index (χ2v) is 7.45. The first-order valence-electron chi connectivity index (χ1n) is 9.60. The molecule has 0 amide bonds. The monoisotopic (exact) mass is 434 g/mol. The van der Waals surface area contributed by atoms with E-state index in [2.05, 4.69) is 0 Å². The van der Waals surface area contributed by atoms with Crippen molar-refractivity contribution < 1.29 is 49.6 Å². The van der Waals surface area contributed by atoms with Crippen LogP contribution in [0, 0.1) is 0 Å². The van der Waals surface area contributed by atoms with Gasteiger partial charge >= 0.3 is 0 Å². The molecule has 0 radical (unpaired) electrons. The molecule has 0 spiro atoms. The van der Waals surface area contributed by atoms with Gasteiger partial charge in [-0.05, 0) is 17.7 Å². The molecule has 0 aliphatic carbocycles. The van der Waals surface area contributed by atoms with E-state index in [-0.39, 0.29) is 35.2 Å². The minimum atomic E-state index is -1.63. The molecule has 0 aromatic heterocycles. The molecule has 10 heteroatoms. The number of carbonyl (C=O) groups is 1. The maximum Gasteiger partial charge on any atom is 0.229 e. The maximum atomic E-state index is 12.9. The number of fused-ring (bicyclic) bond motifs is 1. The lowest BCUT2D eigenvalue weighted by Crippen LogP contribution is -2.60. The van der Waals surface area contributed by atoms with Crippen molar-refractivity contribution in [3.8, 4) is 23.0 Å². The molecule has 6 N–H and O–H groups in total. The van der Waals surface area contributed by atoms with Crippen molar-refractivity contribution in [2.24, 2.45) is 0 Å². The van der Waals surface area contributed by atoms with Crippen molar-refractivity contribution in [1.29, 1.82) is 0 Å². The van der Waals surface area contributed by atoms with Gasteiger partial charge in [-0.25, -0.2) is 0 Å². The third-order valence-corrected chi connectivity index (χ3v) is 5.42. The van der Waals surface area contributed by atoms with Crippen LogP contribution in [0.2, 0.25) is 0 Å². The van der Waals surface area contributed by atoms with Crippen LogP contribution in [0.4, 0.5) is 0 Å². The fourth-order valence-electron chi connectivity index (χ4n) is 3.68. The minimum Gasteiger partial charge on any atom is -0.508 e. The molecule has 4 rings (SSSR count). The number of ether oxygens (including phenoxy) is 3. The lowest BCUT2D eigenvalue weighted by molar-refractivity contribution is -0.277. The highest BCUT2D eigenvalue weighted by Gasteiger charge is 2.45. The number of benzene rings is 2. The quantitative estimate of drug-likeness (QED) is 0.374. The first-order chi connectivity index (χ1) is 14.8. The Morgan fingerprint density at radius 1 is 1.00 bits per heavy atom. The van der Waals surface area contributed by atoms with E-state index in [9.17, 15) is 35.4 Å². The van der Waals surface area contributed by atoms with E-state index >= 15 is 0 Å². The molecule has 2 heterocycles. The molecular weight excluding hydrogens is 412 g/mol. The SMILES string of the molecule is O=C1c2c(O)cc(OC3OC(CO)C(O)C(O)C3O)cc2OCC1c1ccc(O)cc1. The molecule has 2 aliphatic rings. The van der Waals surface area contributed by atoms with E-state index in [4.69, 9.17) is 14.2 Å².